The van der Waals surface area contributed by atoms with Gasteiger partial charge in [0, 0.05) is 6.54 Å². The Bertz CT molecular complexity index is 291. The van der Waals surface area contributed by atoms with Crippen LogP contribution in [0.5, 0.6) is 0 Å². The second-order valence-electron chi connectivity index (χ2n) is 5.86. The molecule has 1 rings (SSSR count). The molecule has 2 heteroatoms. The highest BCUT2D eigenvalue weighted by molar-refractivity contribution is 5.16. The molecule has 18 heavy (non-hydrogen) atoms. The Labute approximate surface area is 113 Å². The van der Waals surface area contributed by atoms with E-state index >= 15 is 0 Å². The molecular formula is C16H29NO. The van der Waals surface area contributed by atoms with Gasteiger partial charge in [0.05, 0.1) is 0 Å². The van der Waals surface area contributed by atoms with E-state index in [1.54, 1.807) is 0 Å². The highest BCUT2D eigenvalue weighted by Gasteiger charge is 2.17. The third-order valence-electron chi connectivity index (χ3n) is 3.47. The van der Waals surface area contributed by atoms with Crippen molar-refractivity contribution in [3.8, 4) is 0 Å². The van der Waals surface area contributed by atoms with Gasteiger partial charge in [0.15, 0.2) is 0 Å². The Kier molecular flexibility index (Phi) is 6.48. The zero-order valence-corrected chi connectivity index (χ0v) is 12.5. The summed E-state index contributed by atoms with van der Waals surface area (Å²) in [6, 6.07) is 0. The Morgan fingerprint density at radius 3 is 2.67 bits per heavy atom. The molecule has 0 unspecified atom stereocenters. The summed E-state index contributed by atoms with van der Waals surface area (Å²) >= 11 is 0. The highest BCUT2D eigenvalue weighted by Crippen LogP contribution is 2.29. The van der Waals surface area contributed by atoms with E-state index in [9.17, 15) is 0 Å². The minimum Gasteiger partial charge on any atom is -0.493 e. The Morgan fingerprint density at radius 1 is 1.22 bits per heavy atom. The van der Waals surface area contributed by atoms with Gasteiger partial charge in [-0.2, -0.15) is 0 Å². The van der Waals surface area contributed by atoms with Gasteiger partial charge in [0.2, 0.25) is 0 Å². The molecule has 1 aliphatic carbocycles. The second kappa shape index (κ2) is 7.63. The maximum Gasteiger partial charge on any atom is 0.115 e. The molecule has 0 aromatic rings. The van der Waals surface area contributed by atoms with Gasteiger partial charge in [-0.3, -0.25) is 0 Å². The van der Waals surface area contributed by atoms with Crippen molar-refractivity contribution >= 4 is 0 Å². The van der Waals surface area contributed by atoms with E-state index in [1.807, 2.05) is 0 Å². The minimum atomic E-state index is 0.374. The molecule has 104 valence electrons. The number of rotatable bonds is 7. The third-order valence-corrected chi connectivity index (χ3v) is 3.47. The zero-order valence-electron chi connectivity index (χ0n) is 12.5. The predicted molar refractivity (Wildman–Crippen MR) is 78.6 cm³/mol. The summed E-state index contributed by atoms with van der Waals surface area (Å²) in [6.45, 7) is 13.1. The summed E-state index contributed by atoms with van der Waals surface area (Å²) in [5.74, 6) is 1.05. The van der Waals surface area contributed by atoms with Crippen molar-refractivity contribution in [2.75, 3.05) is 26.2 Å². The Balaban J connectivity index is 2.33. The lowest BCUT2D eigenvalue weighted by molar-refractivity contribution is 0.167. The van der Waals surface area contributed by atoms with Crippen molar-refractivity contribution in [3.63, 3.8) is 0 Å². The lowest BCUT2D eigenvalue weighted by Crippen LogP contribution is -2.28. The van der Waals surface area contributed by atoms with Gasteiger partial charge < -0.3 is 9.64 Å². The number of hydrogen-bond acceptors (Lipinski definition) is 2. The van der Waals surface area contributed by atoms with E-state index < -0.39 is 0 Å². The Hall–Kier alpha value is -0.760. The summed E-state index contributed by atoms with van der Waals surface area (Å²) in [5.41, 5.74) is 0.374. The van der Waals surface area contributed by atoms with Gasteiger partial charge in [-0.25, -0.2) is 0 Å². The van der Waals surface area contributed by atoms with Crippen LogP contribution in [0.1, 0.15) is 47.0 Å². The SMILES string of the molecule is CCCN(CC)CCOC1=CCC(C)(C)CC=C1. The zero-order chi connectivity index (χ0) is 13.4. The number of hydrogen-bond donors (Lipinski definition) is 0. The van der Waals surface area contributed by atoms with Crippen LogP contribution in [0.4, 0.5) is 0 Å². The highest BCUT2D eigenvalue weighted by atomic mass is 16.5. The molecule has 0 bridgehead atoms. The molecule has 0 N–H and O–H groups in total. The van der Waals surface area contributed by atoms with Crippen LogP contribution in [-0.2, 0) is 4.74 Å². The van der Waals surface area contributed by atoms with Gasteiger partial charge in [-0.15, -0.1) is 0 Å². The third kappa shape index (κ3) is 5.72. The molecule has 0 saturated heterocycles. The lowest BCUT2D eigenvalue weighted by Gasteiger charge is -2.20. The Morgan fingerprint density at radius 2 is 2.00 bits per heavy atom. The van der Waals surface area contributed by atoms with Crippen LogP contribution in [0.3, 0.4) is 0 Å². The van der Waals surface area contributed by atoms with Crippen LogP contribution >= 0.6 is 0 Å². The molecular weight excluding hydrogens is 222 g/mol. The number of allylic oxidation sites excluding steroid dienone is 3. The van der Waals surface area contributed by atoms with E-state index in [0.717, 1.165) is 38.3 Å². The fourth-order valence-electron chi connectivity index (χ4n) is 2.17. The summed E-state index contributed by atoms with van der Waals surface area (Å²) in [4.78, 5) is 2.44. The summed E-state index contributed by atoms with van der Waals surface area (Å²) in [7, 11) is 0. The molecule has 0 spiro atoms. The van der Waals surface area contributed by atoms with Crippen molar-refractivity contribution < 1.29 is 4.74 Å². The second-order valence-corrected chi connectivity index (χ2v) is 5.86. The normalized spacial score (nSPS) is 18.6. The van der Waals surface area contributed by atoms with Gasteiger partial charge in [-0.1, -0.05) is 33.8 Å². The van der Waals surface area contributed by atoms with Crippen LogP contribution in [-0.4, -0.2) is 31.1 Å². The predicted octanol–water partition coefficient (Wildman–Crippen LogP) is 4.00. The molecule has 2 nitrogen and oxygen atoms in total. The molecule has 1 aliphatic rings. The number of nitrogens with zero attached hydrogens (tertiary/aromatic N) is 1. The van der Waals surface area contributed by atoms with Crippen LogP contribution in [0.25, 0.3) is 0 Å². The van der Waals surface area contributed by atoms with Crippen molar-refractivity contribution in [1.82, 2.24) is 4.90 Å². The summed E-state index contributed by atoms with van der Waals surface area (Å²) < 4.78 is 5.87. The van der Waals surface area contributed by atoms with Gasteiger partial charge in [-0.05, 0) is 49.9 Å². The molecule has 0 aliphatic heterocycles. The van der Waals surface area contributed by atoms with E-state index in [-0.39, 0.29) is 0 Å². The first-order valence-corrected chi connectivity index (χ1v) is 7.29. The number of likely N-dealkylation sites (N-methyl/N-ethyl adjacent to an activating group) is 1. The molecule has 0 radical (unpaired) electrons. The lowest BCUT2D eigenvalue weighted by atomic mass is 9.86. The summed E-state index contributed by atoms with van der Waals surface area (Å²) in [6.07, 6.45) is 10.0. The fourth-order valence-corrected chi connectivity index (χ4v) is 2.17. The van der Waals surface area contributed by atoms with Crippen molar-refractivity contribution in [2.24, 2.45) is 5.41 Å². The average Bonchev–Trinajstić information content (AvgIpc) is 2.50. The smallest absolute Gasteiger partial charge is 0.115 e. The van der Waals surface area contributed by atoms with Crippen molar-refractivity contribution in [1.29, 1.82) is 0 Å². The molecule has 0 aromatic carbocycles. The molecule has 0 aromatic heterocycles. The van der Waals surface area contributed by atoms with Crippen LogP contribution in [0.15, 0.2) is 24.0 Å². The molecule has 0 fully saturated rings. The van der Waals surface area contributed by atoms with Gasteiger partial charge in [0.25, 0.3) is 0 Å². The standard InChI is InChI=1S/C16H29NO/c1-5-12-17(6-2)13-14-18-15-8-7-10-16(3,4)11-9-15/h7-9H,5-6,10-14H2,1-4H3. The van der Waals surface area contributed by atoms with Crippen molar-refractivity contribution in [2.45, 2.75) is 47.0 Å². The molecule has 0 heterocycles. The quantitative estimate of drug-likeness (QED) is 0.678. The topological polar surface area (TPSA) is 12.5 Å². The number of ether oxygens (including phenoxy) is 1. The van der Waals surface area contributed by atoms with Crippen LogP contribution in [0, 0.1) is 5.41 Å². The molecule has 0 saturated carbocycles. The van der Waals surface area contributed by atoms with E-state index in [4.69, 9.17) is 4.74 Å². The van der Waals surface area contributed by atoms with E-state index in [1.165, 1.54) is 13.0 Å². The average molecular weight is 251 g/mol. The van der Waals surface area contributed by atoms with Gasteiger partial charge in [0.1, 0.15) is 12.4 Å². The van der Waals surface area contributed by atoms with Crippen molar-refractivity contribution in [3.05, 3.63) is 24.0 Å². The molecule has 0 amide bonds. The minimum absolute atomic E-state index is 0.374. The van der Waals surface area contributed by atoms with Crippen LogP contribution in [0.2, 0.25) is 0 Å². The fraction of sp³-hybridized carbons (Fsp3) is 0.750. The van der Waals surface area contributed by atoms with Crippen LogP contribution < -0.4 is 0 Å². The van der Waals surface area contributed by atoms with Gasteiger partial charge >= 0.3 is 0 Å². The maximum absolute atomic E-state index is 5.87. The first-order chi connectivity index (χ1) is 8.57. The first kappa shape index (κ1) is 15.3. The van der Waals surface area contributed by atoms with E-state index in [0.29, 0.717) is 5.41 Å². The maximum atomic E-state index is 5.87. The molecule has 0 atom stereocenters. The largest absolute Gasteiger partial charge is 0.493 e. The summed E-state index contributed by atoms with van der Waals surface area (Å²) in [5, 5.41) is 0. The van der Waals surface area contributed by atoms with E-state index in [2.05, 4.69) is 50.8 Å². The first-order valence-electron chi connectivity index (χ1n) is 7.29. The monoisotopic (exact) mass is 251 g/mol.